The van der Waals surface area contributed by atoms with Crippen LogP contribution >= 0.6 is 24.8 Å². The quantitative estimate of drug-likeness (QED) is 0.612. The van der Waals surface area contributed by atoms with E-state index in [4.69, 9.17) is 12.2 Å². The van der Waals surface area contributed by atoms with E-state index in [9.17, 15) is 4.79 Å². The minimum Gasteiger partial charge on any atom is -0.287 e. The molecule has 0 atom stereocenters. The van der Waals surface area contributed by atoms with Crippen molar-refractivity contribution in [3.05, 3.63) is 35.9 Å². The molecule has 0 radical (unpaired) electrons. The second-order valence-corrected chi connectivity index (χ2v) is 4.17. The van der Waals surface area contributed by atoms with E-state index in [0.29, 0.717) is 12.8 Å². The molecule has 0 unspecified atom stereocenters. The Morgan fingerprint density at radius 3 is 2.43 bits per heavy atom. The van der Waals surface area contributed by atoms with Crippen molar-refractivity contribution < 1.29 is 4.79 Å². The average Bonchev–Trinajstić information content (AvgIpc) is 2.16. The molecule has 0 saturated carbocycles. The predicted molar refractivity (Wildman–Crippen MR) is 66.0 cm³/mol. The monoisotopic (exact) mass is 224 g/mol. The van der Waals surface area contributed by atoms with Crippen LogP contribution in [0.4, 0.5) is 0 Å². The van der Waals surface area contributed by atoms with Gasteiger partial charge in [-0.15, -0.1) is 12.6 Å². The molecule has 0 spiro atoms. The van der Waals surface area contributed by atoms with Gasteiger partial charge in [-0.1, -0.05) is 42.5 Å². The molecule has 0 aliphatic rings. The van der Waals surface area contributed by atoms with Gasteiger partial charge in [-0.25, -0.2) is 0 Å². The summed E-state index contributed by atoms with van der Waals surface area (Å²) in [6.07, 6.45) is 1.87. The molecule has 1 aromatic rings. The van der Waals surface area contributed by atoms with Crippen LogP contribution in [0, 0.1) is 0 Å². The number of carbonyl (C=O) groups excluding carboxylic acids is 1. The topological polar surface area (TPSA) is 17.1 Å². The molecular weight excluding hydrogens is 212 g/mol. The highest BCUT2D eigenvalue weighted by Gasteiger charge is 2.01. The van der Waals surface area contributed by atoms with E-state index in [1.165, 1.54) is 5.56 Å². The molecule has 0 saturated heterocycles. The highest BCUT2D eigenvalue weighted by atomic mass is 32.1. The molecule has 0 N–H and O–H groups in total. The molecule has 0 amide bonds. The first-order valence-corrected chi connectivity index (χ1v) is 5.31. The molecule has 14 heavy (non-hydrogen) atoms. The van der Waals surface area contributed by atoms with Crippen LogP contribution in [0.1, 0.15) is 18.4 Å². The first-order chi connectivity index (χ1) is 6.68. The number of thiol groups is 1. The fourth-order valence-corrected chi connectivity index (χ4v) is 1.54. The number of carbonyl (C=O) groups is 1. The smallest absolute Gasteiger partial charge is 0.186 e. The van der Waals surface area contributed by atoms with E-state index in [2.05, 4.69) is 12.6 Å². The van der Waals surface area contributed by atoms with Gasteiger partial charge in [0.15, 0.2) is 5.12 Å². The molecular formula is C11H12OS2. The first kappa shape index (κ1) is 11.4. The Morgan fingerprint density at radius 2 is 1.86 bits per heavy atom. The fraction of sp³-hybridized carbons (Fsp3) is 0.273. The summed E-state index contributed by atoms with van der Waals surface area (Å²) in [5, 5.41) is -0.0968. The van der Waals surface area contributed by atoms with Crippen LogP contribution < -0.4 is 0 Å². The molecule has 0 aliphatic heterocycles. The SMILES string of the molecule is O=C(S)CCC(=S)Cc1ccccc1. The Balaban J connectivity index is 2.38. The maximum Gasteiger partial charge on any atom is 0.186 e. The van der Waals surface area contributed by atoms with Crippen molar-refractivity contribution in [3.8, 4) is 0 Å². The molecule has 0 heterocycles. The summed E-state index contributed by atoms with van der Waals surface area (Å²) in [5.41, 5.74) is 1.20. The van der Waals surface area contributed by atoms with E-state index in [1.54, 1.807) is 0 Å². The van der Waals surface area contributed by atoms with Crippen LogP contribution in [0.3, 0.4) is 0 Å². The van der Waals surface area contributed by atoms with Gasteiger partial charge in [0, 0.05) is 12.8 Å². The summed E-state index contributed by atoms with van der Waals surface area (Å²) in [6, 6.07) is 10.0. The zero-order valence-corrected chi connectivity index (χ0v) is 9.48. The van der Waals surface area contributed by atoms with Crippen LogP contribution in [0.2, 0.25) is 0 Å². The molecule has 1 rings (SSSR count). The third-order valence-corrected chi connectivity index (χ3v) is 2.43. The van der Waals surface area contributed by atoms with E-state index in [1.807, 2.05) is 30.3 Å². The predicted octanol–water partition coefficient (Wildman–Crippen LogP) is 2.84. The number of thiocarbonyl (C=S) groups is 1. The summed E-state index contributed by atoms with van der Waals surface area (Å²) >= 11 is 8.87. The van der Waals surface area contributed by atoms with Crippen molar-refractivity contribution in [3.63, 3.8) is 0 Å². The summed E-state index contributed by atoms with van der Waals surface area (Å²) in [7, 11) is 0. The van der Waals surface area contributed by atoms with Gasteiger partial charge in [0.1, 0.15) is 0 Å². The highest BCUT2D eigenvalue weighted by Crippen LogP contribution is 2.05. The van der Waals surface area contributed by atoms with Crippen LogP contribution in [0.25, 0.3) is 0 Å². The Labute approximate surface area is 94.9 Å². The van der Waals surface area contributed by atoms with E-state index < -0.39 is 0 Å². The Kier molecular flexibility index (Phi) is 4.84. The molecule has 0 fully saturated rings. The van der Waals surface area contributed by atoms with E-state index in [0.717, 1.165) is 11.3 Å². The third kappa shape index (κ3) is 4.53. The second-order valence-electron chi connectivity index (χ2n) is 3.09. The van der Waals surface area contributed by atoms with Gasteiger partial charge in [-0.2, -0.15) is 0 Å². The van der Waals surface area contributed by atoms with Crippen LogP contribution in [-0.2, 0) is 11.2 Å². The molecule has 0 aliphatic carbocycles. The maximum atomic E-state index is 10.6. The Hall–Kier alpha value is -0.670. The van der Waals surface area contributed by atoms with Gasteiger partial charge < -0.3 is 0 Å². The van der Waals surface area contributed by atoms with Crippen molar-refractivity contribution in [2.75, 3.05) is 0 Å². The van der Waals surface area contributed by atoms with Gasteiger partial charge in [0.05, 0.1) is 0 Å². The lowest BCUT2D eigenvalue weighted by Gasteiger charge is -2.01. The molecule has 74 valence electrons. The van der Waals surface area contributed by atoms with Crippen molar-refractivity contribution in [2.45, 2.75) is 19.3 Å². The van der Waals surface area contributed by atoms with E-state index >= 15 is 0 Å². The summed E-state index contributed by atoms with van der Waals surface area (Å²) in [5.74, 6) is 0. The molecule has 1 aromatic carbocycles. The standard InChI is InChI=1S/C11H12OS2/c12-11(14)7-6-10(13)8-9-4-2-1-3-5-9/h1-5H,6-8H2,(H,12,14). The third-order valence-electron chi connectivity index (χ3n) is 1.86. The summed E-state index contributed by atoms with van der Waals surface area (Å²) < 4.78 is 0. The molecule has 0 aromatic heterocycles. The minimum atomic E-state index is -0.0968. The number of benzene rings is 1. The average molecular weight is 224 g/mol. The van der Waals surface area contributed by atoms with Crippen molar-refractivity contribution in [1.29, 1.82) is 0 Å². The van der Waals surface area contributed by atoms with Crippen LogP contribution in [0.5, 0.6) is 0 Å². The van der Waals surface area contributed by atoms with Gasteiger partial charge in [-0.05, 0) is 16.8 Å². The largest absolute Gasteiger partial charge is 0.287 e. The molecule has 0 bridgehead atoms. The lowest BCUT2D eigenvalue weighted by Crippen LogP contribution is -2.01. The van der Waals surface area contributed by atoms with Gasteiger partial charge >= 0.3 is 0 Å². The normalized spacial score (nSPS) is 9.79. The molecule has 1 nitrogen and oxygen atoms in total. The van der Waals surface area contributed by atoms with Crippen molar-refractivity contribution >= 4 is 34.8 Å². The second kappa shape index (κ2) is 5.94. The van der Waals surface area contributed by atoms with Gasteiger partial charge in [0.25, 0.3) is 0 Å². The van der Waals surface area contributed by atoms with E-state index in [-0.39, 0.29) is 5.12 Å². The van der Waals surface area contributed by atoms with Crippen molar-refractivity contribution in [1.82, 2.24) is 0 Å². The lowest BCUT2D eigenvalue weighted by molar-refractivity contribution is -0.110. The highest BCUT2D eigenvalue weighted by molar-refractivity contribution is 7.96. The summed E-state index contributed by atoms with van der Waals surface area (Å²) in [4.78, 5) is 11.5. The van der Waals surface area contributed by atoms with Gasteiger partial charge in [-0.3, -0.25) is 4.79 Å². The Bertz CT molecular complexity index is 319. The van der Waals surface area contributed by atoms with Gasteiger partial charge in [0.2, 0.25) is 0 Å². The minimum absolute atomic E-state index is 0.0968. The zero-order chi connectivity index (χ0) is 10.4. The van der Waals surface area contributed by atoms with Crippen molar-refractivity contribution in [2.24, 2.45) is 0 Å². The maximum absolute atomic E-state index is 10.6. The Morgan fingerprint density at radius 1 is 1.21 bits per heavy atom. The fourth-order valence-electron chi connectivity index (χ4n) is 1.16. The van der Waals surface area contributed by atoms with Crippen LogP contribution in [0.15, 0.2) is 30.3 Å². The molecule has 3 heteroatoms. The zero-order valence-electron chi connectivity index (χ0n) is 7.77. The number of rotatable bonds is 5. The number of hydrogen-bond acceptors (Lipinski definition) is 2. The summed E-state index contributed by atoms with van der Waals surface area (Å²) in [6.45, 7) is 0. The van der Waals surface area contributed by atoms with Crippen LogP contribution in [-0.4, -0.2) is 9.98 Å². The first-order valence-electron chi connectivity index (χ1n) is 4.46. The number of hydrogen-bond donors (Lipinski definition) is 1. The lowest BCUT2D eigenvalue weighted by atomic mass is 10.1.